The molecule has 2 heterocycles. The van der Waals surface area contributed by atoms with Gasteiger partial charge in [0.2, 0.25) is 15.9 Å². The second-order valence-corrected chi connectivity index (χ2v) is 7.46. The van der Waals surface area contributed by atoms with Gasteiger partial charge in [-0.1, -0.05) is 0 Å². The van der Waals surface area contributed by atoms with Gasteiger partial charge in [-0.2, -0.15) is 4.31 Å². The largest absolute Gasteiger partial charge is 0.484 e. The first-order valence-corrected chi connectivity index (χ1v) is 9.14. The minimum Gasteiger partial charge on any atom is -0.484 e. The Labute approximate surface area is 141 Å². The highest BCUT2D eigenvalue weighted by Crippen LogP contribution is 2.21. The van der Waals surface area contributed by atoms with E-state index in [1.165, 1.54) is 4.31 Å². The molecule has 3 rings (SSSR count). The molecule has 0 atom stereocenters. The van der Waals surface area contributed by atoms with E-state index in [9.17, 15) is 8.42 Å². The zero-order chi connectivity index (χ0) is 17.2. The fourth-order valence-corrected chi connectivity index (χ4v) is 3.80. The summed E-state index contributed by atoms with van der Waals surface area (Å²) >= 11 is 0. The highest BCUT2D eigenvalue weighted by atomic mass is 32.2. The molecule has 24 heavy (non-hydrogen) atoms. The van der Waals surface area contributed by atoms with Crippen LogP contribution in [0.5, 0.6) is 5.75 Å². The lowest BCUT2D eigenvalue weighted by Crippen LogP contribution is -2.40. The monoisotopic (exact) mass is 352 g/mol. The smallest absolute Gasteiger partial charge is 0.243 e. The molecule has 1 aromatic heterocycles. The van der Waals surface area contributed by atoms with E-state index in [0.717, 1.165) is 11.5 Å². The molecule has 0 N–H and O–H groups in total. The SMILES string of the molecule is Cc1nc(COc2ccc(S(=O)(=O)N3CCOCC3)cc2)oc1C. The normalized spacial score (nSPS) is 16.2. The summed E-state index contributed by atoms with van der Waals surface area (Å²) in [5, 5.41) is 0. The van der Waals surface area contributed by atoms with Gasteiger partial charge in [0.15, 0.2) is 6.61 Å². The first-order valence-electron chi connectivity index (χ1n) is 7.70. The number of aromatic nitrogens is 1. The third kappa shape index (κ3) is 3.61. The molecule has 8 heteroatoms. The number of oxazole rings is 1. The molecule has 7 nitrogen and oxygen atoms in total. The van der Waals surface area contributed by atoms with Crippen molar-refractivity contribution in [3.05, 3.63) is 41.6 Å². The van der Waals surface area contributed by atoms with Crippen LogP contribution < -0.4 is 4.74 Å². The summed E-state index contributed by atoms with van der Waals surface area (Å²) in [7, 11) is -3.48. The van der Waals surface area contributed by atoms with Gasteiger partial charge < -0.3 is 13.9 Å². The van der Waals surface area contributed by atoms with Crippen LogP contribution in [0.4, 0.5) is 0 Å². The van der Waals surface area contributed by atoms with Gasteiger partial charge in [-0.25, -0.2) is 13.4 Å². The molecule has 0 spiro atoms. The molecular formula is C16H20N2O5S. The third-order valence-electron chi connectivity index (χ3n) is 3.87. The lowest BCUT2D eigenvalue weighted by atomic mass is 10.3. The van der Waals surface area contributed by atoms with Gasteiger partial charge in [-0.15, -0.1) is 0 Å². The number of sulfonamides is 1. The second-order valence-electron chi connectivity index (χ2n) is 5.53. The van der Waals surface area contributed by atoms with Crippen molar-refractivity contribution in [1.82, 2.24) is 9.29 Å². The molecule has 130 valence electrons. The number of nitrogens with zero attached hydrogens (tertiary/aromatic N) is 2. The Bertz CT molecular complexity index is 773. The molecular weight excluding hydrogens is 332 g/mol. The zero-order valence-corrected chi connectivity index (χ0v) is 14.5. The van der Waals surface area contributed by atoms with E-state index in [2.05, 4.69) is 4.98 Å². The van der Waals surface area contributed by atoms with E-state index in [1.807, 2.05) is 13.8 Å². The maximum Gasteiger partial charge on any atom is 0.243 e. The zero-order valence-electron chi connectivity index (χ0n) is 13.7. The number of benzene rings is 1. The van der Waals surface area contributed by atoms with E-state index in [4.69, 9.17) is 13.9 Å². The maximum atomic E-state index is 12.5. The number of hydrogen-bond donors (Lipinski definition) is 0. The summed E-state index contributed by atoms with van der Waals surface area (Å²) in [6.45, 7) is 5.52. The van der Waals surface area contributed by atoms with Crippen LogP contribution in [0.1, 0.15) is 17.3 Å². The highest BCUT2D eigenvalue weighted by molar-refractivity contribution is 7.89. The summed E-state index contributed by atoms with van der Waals surface area (Å²) < 4.78 is 42.7. The summed E-state index contributed by atoms with van der Waals surface area (Å²) in [6, 6.07) is 6.37. The molecule has 0 radical (unpaired) electrons. The predicted molar refractivity (Wildman–Crippen MR) is 86.3 cm³/mol. The number of rotatable bonds is 5. The summed E-state index contributed by atoms with van der Waals surface area (Å²) in [5.41, 5.74) is 0.834. The van der Waals surface area contributed by atoms with Crippen LogP contribution in [0.25, 0.3) is 0 Å². The van der Waals surface area contributed by atoms with Gasteiger partial charge in [0.05, 0.1) is 23.8 Å². The van der Waals surface area contributed by atoms with Gasteiger partial charge >= 0.3 is 0 Å². The standard InChI is InChI=1S/C16H20N2O5S/c1-12-13(2)23-16(17-12)11-22-14-3-5-15(6-4-14)24(19,20)18-7-9-21-10-8-18/h3-6H,7-11H2,1-2H3. The Morgan fingerprint density at radius 2 is 1.83 bits per heavy atom. The number of aryl methyl sites for hydroxylation is 2. The lowest BCUT2D eigenvalue weighted by molar-refractivity contribution is 0.0730. The predicted octanol–water partition coefficient (Wildman–Crippen LogP) is 1.89. The van der Waals surface area contributed by atoms with Crippen molar-refractivity contribution >= 4 is 10.0 Å². The second kappa shape index (κ2) is 6.92. The number of hydrogen-bond acceptors (Lipinski definition) is 6. The molecule has 0 unspecified atom stereocenters. The maximum absolute atomic E-state index is 12.5. The number of ether oxygens (including phenoxy) is 2. The van der Waals surface area contributed by atoms with E-state index < -0.39 is 10.0 Å². The van der Waals surface area contributed by atoms with Gasteiger partial charge in [-0.05, 0) is 38.1 Å². The molecule has 0 aliphatic carbocycles. The Kier molecular flexibility index (Phi) is 4.88. The van der Waals surface area contributed by atoms with E-state index >= 15 is 0 Å². The van der Waals surface area contributed by atoms with Crippen LogP contribution in [0.15, 0.2) is 33.6 Å². The first-order chi connectivity index (χ1) is 11.5. The highest BCUT2D eigenvalue weighted by Gasteiger charge is 2.26. The van der Waals surface area contributed by atoms with E-state index in [0.29, 0.717) is 37.9 Å². The minimum absolute atomic E-state index is 0.199. The summed E-state index contributed by atoms with van der Waals surface area (Å²) in [4.78, 5) is 4.49. The fourth-order valence-electron chi connectivity index (χ4n) is 2.39. The average molecular weight is 352 g/mol. The van der Waals surface area contributed by atoms with Crippen molar-refractivity contribution in [2.45, 2.75) is 25.3 Å². The van der Waals surface area contributed by atoms with Crippen molar-refractivity contribution in [3.63, 3.8) is 0 Å². The van der Waals surface area contributed by atoms with Gasteiger partial charge in [0.1, 0.15) is 11.5 Å². The molecule has 1 fully saturated rings. The topological polar surface area (TPSA) is 81.9 Å². The Morgan fingerprint density at radius 3 is 2.42 bits per heavy atom. The van der Waals surface area contributed by atoms with Crippen molar-refractivity contribution in [2.24, 2.45) is 0 Å². The van der Waals surface area contributed by atoms with Crippen molar-refractivity contribution in [1.29, 1.82) is 0 Å². The molecule has 1 aromatic carbocycles. The van der Waals surface area contributed by atoms with Gasteiger partial charge in [-0.3, -0.25) is 0 Å². The number of morpholine rings is 1. The molecule has 1 aliphatic heterocycles. The van der Waals surface area contributed by atoms with E-state index in [-0.39, 0.29) is 11.5 Å². The van der Waals surface area contributed by atoms with Crippen LogP contribution in [-0.4, -0.2) is 44.0 Å². The van der Waals surface area contributed by atoms with Gasteiger partial charge in [0, 0.05) is 13.1 Å². The van der Waals surface area contributed by atoms with Crippen LogP contribution in [0, 0.1) is 13.8 Å². The Hall–Kier alpha value is -1.90. The van der Waals surface area contributed by atoms with Crippen LogP contribution in [-0.2, 0) is 21.4 Å². The van der Waals surface area contributed by atoms with Crippen molar-refractivity contribution in [3.8, 4) is 5.75 Å². The molecule has 1 saturated heterocycles. The molecule has 0 bridgehead atoms. The lowest BCUT2D eigenvalue weighted by Gasteiger charge is -2.26. The molecule has 1 aliphatic rings. The Balaban J connectivity index is 1.66. The van der Waals surface area contributed by atoms with Gasteiger partial charge in [0.25, 0.3) is 0 Å². The third-order valence-corrected chi connectivity index (χ3v) is 5.78. The molecule has 0 saturated carbocycles. The summed E-state index contributed by atoms with van der Waals surface area (Å²) in [5.74, 6) is 1.82. The van der Waals surface area contributed by atoms with Crippen molar-refractivity contribution in [2.75, 3.05) is 26.3 Å². The van der Waals surface area contributed by atoms with Crippen LogP contribution >= 0.6 is 0 Å². The van der Waals surface area contributed by atoms with Crippen molar-refractivity contribution < 1.29 is 22.3 Å². The van der Waals surface area contributed by atoms with E-state index in [1.54, 1.807) is 24.3 Å². The average Bonchev–Trinajstić information content (AvgIpc) is 2.92. The molecule has 0 amide bonds. The summed E-state index contributed by atoms with van der Waals surface area (Å²) in [6.07, 6.45) is 0. The molecule has 2 aromatic rings. The Morgan fingerprint density at radius 1 is 1.17 bits per heavy atom. The quantitative estimate of drug-likeness (QED) is 0.817. The first kappa shape index (κ1) is 16.9. The van der Waals surface area contributed by atoms with Crippen LogP contribution in [0.3, 0.4) is 0 Å². The minimum atomic E-state index is -3.48. The van der Waals surface area contributed by atoms with Crippen LogP contribution in [0.2, 0.25) is 0 Å². The fraction of sp³-hybridized carbons (Fsp3) is 0.438.